The lowest BCUT2D eigenvalue weighted by Crippen LogP contribution is -2.28. The second-order valence-corrected chi connectivity index (χ2v) is 9.77. The number of amides is 2. The van der Waals surface area contributed by atoms with Crippen LogP contribution < -0.4 is 10.6 Å². The van der Waals surface area contributed by atoms with Gasteiger partial charge in [-0.05, 0) is 48.9 Å². The van der Waals surface area contributed by atoms with Gasteiger partial charge in [0.2, 0.25) is 5.91 Å². The predicted octanol–water partition coefficient (Wildman–Crippen LogP) is 4.63. The standard InChI is InChI=1S/C24H23ClN2O4S/c1-17(18-7-3-2-4-8-18)26-24(29)21-9-5-6-10-22(21)27-23(28)15-16-32(30,31)20-13-11-19(25)12-14-20/h2-14,17H,15-16H2,1H3,(H,26,29)(H,27,28)/t17-/m1/s1. The molecule has 0 aliphatic rings. The van der Waals surface area contributed by atoms with E-state index in [0.717, 1.165) is 5.56 Å². The SMILES string of the molecule is C[C@@H](NC(=O)c1ccccc1NC(=O)CCS(=O)(=O)c1ccc(Cl)cc1)c1ccccc1. The number of anilines is 1. The Morgan fingerprint density at radius 3 is 2.22 bits per heavy atom. The molecule has 0 fully saturated rings. The van der Waals surface area contributed by atoms with E-state index in [-0.39, 0.29) is 29.0 Å². The Morgan fingerprint density at radius 1 is 0.906 bits per heavy atom. The molecule has 0 aliphatic heterocycles. The van der Waals surface area contributed by atoms with Gasteiger partial charge in [0.1, 0.15) is 0 Å². The molecule has 0 aliphatic carbocycles. The summed E-state index contributed by atoms with van der Waals surface area (Å²) in [5, 5.41) is 5.99. The average molecular weight is 471 g/mol. The first kappa shape index (κ1) is 23.5. The Kier molecular flexibility index (Phi) is 7.66. The second kappa shape index (κ2) is 10.4. The van der Waals surface area contributed by atoms with Gasteiger partial charge in [0, 0.05) is 11.4 Å². The first-order valence-corrected chi connectivity index (χ1v) is 12.0. The zero-order chi connectivity index (χ0) is 23.1. The van der Waals surface area contributed by atoms with Crippen molar-refractivity contribution >= 4 is 38.9 Å². The Balaban J connectivity index is 1.64. The summed E-state index contributed by atoms with van der Waals surface area (Å²) in [6, 6.07) is 21.7. The van der Waals surface area contributed by atoms with E-state index in [1.165, 1.54) is 24.3 Å². The Morgan fingerprint density at radius 2 is 1.53 bits per heavy atom. The van der Waals surface area contributed by atoms with E-state index in [1.807, 2.05) is 37.3 Å². The number of carbonyl (C=O) groups is 2. The number of hydrogen-bond donors (Lipinski definition) is 2. The molecule has 2 amide bonds. The minimum atomic E-state index is -3.64. The van der Waals surface area contributed by atoms with E-state index in [2.05, 4.69) is 10.6 Å². The zero-order valence-electron chi connectivity index (χ0n) is 17.4. The molecule has 6 nitrogen and oxygen atoms in total. The molecule has 0 unspecified atom stereocenters. The van der Waals surface area contributed by atoms with E-state index in [0.29, 0.717) is 16.3 Å². The van der Waals surface area contributed by atoms with Gasteiger partial charge in [-0.3, -0.25) is 9.59 Å². The summed E-state index contributed by atoms with van der Waals surface area (Å²) >= 11 is 5.79. The molecule has 0 saturated heterocycles. The molecule has 0 saturated carbocycles. The smallest absolute Gasteiger partial charge is 0.253 e. The molecule has 0 bridgehead atoms. The van der Waals surface area contributed by atoms with Gasteiger partial charge in [-0.15, -0.1) is 0 Å². The molecule has 0 spiro atoms. The number of rotatable bonds is 8. The predicted molar refractivity (Wildman–Crippen MR) is 126 cm³/mol. The molecule has 3 aromatic rings. The lowest BCUT2D eigenvalue weighted by molar-refractivity contribution is -0.115. The van der Waals surface area contributed by atoms with E-state index in [9.17, 15) is 18.0 Å². The van der Waals surface area contributed by atoms with Crippen LogP contribution in [0.4, 0.5) is 5.69 Å². The maximum Gasteiger partial charge on any atom is 0.253 e. The molecular weight excluding hydrogens is 448 g/mol. The third kappa shape index (κ3) is 6.18. The number of para-hydroxylation sites is 1. The molecular formula is C24H23ClN2O4S. The fourth-order valence-electron chi connectivity index (χ4n) is 3.09. The Bertz CT molecular complexity index is 1200. The van der Waals surface area contributed by atoms with Crippen LogP contribution in [-0.2, 0) is 14.6 Å². The van der Waals surface area contributed by atoms with Gasteiger partial charge in [0.25, 0.3) is 5.91 Å². The van der Waals surface area contributed by atoms with Gasteiger partial charge in [0.05, 0.1) is 27.9 Å². The number of carbonyl (C=O) groups excluding carboxylic acids is 2. The summed E-state index contributed by atoms with van der Waals surface area (Å²) in [4.78, 5) is 25.3. The Labute approximate surface area is 192 Å². The summed E-state index contributed by atoms with van der Waals surface area (Å²) in [7, 11) is -3.64. The van der Waals surface area contributed by atoms with Crippen LogP contribution >= 0.6 is 11.6 Å². The van der Waals surface area contributed by atoms with Crippen LogP contribution in [0.25, 0.3) is 0 Å². The second-order valence-electron chi connectivity index (χ2n) is 7.22. The highest BCUT2D eigenvalue weighted by atomic mass is 35.5. The van der Waals surface area contributed by atoms with Gasteiger partial charge >= 0.3 is 0 Å². The van der Waals surface area contributed by atoms with Crippen LogP contribution in [0.1, 0.15) is 35.3 Å². The largest absolute Gasteiger partial charge is 0.345 e. The highest BCUT2D eigenvalue weighted by molar-refractivity contribution is 7.91. The van der Waals surface area contributed by atoms with Crippen molar-refractivity contribution in [2.24, 2.45) is 0 Å². The summed E-state index contributed by atoms with van der Waals surface area (Å²) in [5.74, 6) is -1.20. The average Bonchev–Trinajstić information content (AvgIpc) is 2.79. The molecule has 2 N–H and O–H groups in total. The molecule has 8 heteroatoms. The van der Waals surface area contributed by atoms with Crippen LogP contribution in [-0.4, -0.2) is 26.0 Å². The molecule has 0 heterocycles. The lowest BCUT2D eigenvalue weighted by atomic mass is 10.1. The highest BCUT2D eigenvalue weighted by Gasteiger charge is 2.19. The first-order valence-electron chi connectivity index (χ1n) is 9.99. The van der Waals surface area contributed by atoms with Gasteiger partial charge in [-0.2, -0.15) is 0 Å². The maximum atomic E-state index is 12.8. The van der Waals surface area contributed by atoms with E-state index >= 15 is 0 Å². The molecule has 32 heavy (non-hydrogen) atoms. The molecule has 3 aromatic carbocycles. The van der Waals surface area contributed by atoms with Gasteiger partial charge in [0.15, 0.2) is 9.84 Å². The lowest BCUT2D eigenvalue weighted by Gasteiger charge is -2.16. The summed E-state index contributed by atoms with van der Waals surface area (Å²) in [5.41, 5.74) is 1.57. The minimum Gasteiger partial charge on any atom is -0.345 e. The maximum absolute atomic E-state index is 12.8. The Hall–Kier alpha value is -3.16. The number of sulfone groups is 1. The zero-order valence-corrected chi connectivity index (χ0v) is 19.0. The monoisotopic (exact) mass is 470 g/mol. The number of benzene rings is 3. The number of nitrogens with one attached hydrogen (secondary N) is 2. The fraction of sp³-hybridized carbons (Fsp3) is 0.167. The topological polar surface area (TPSA) is 92.3 Å². The van der Waals surface area contributed by atoms with Crippen LogP contribution in [0.5, 0.6) is 0 Å². The fourth-order valence-corrected chi connectivity index (χ4v) is 4.46. The summed E-state index contributed by atoms with van der Waals surface area (Å²) in [6.45, 7) is 1.87. The number of halogens is 1. The van der Waals surface area contributed by atoms with Gasteiger partial charge < -0.3 is 10.6 Å². The van der Waals surface area contributed by atoms with E-state index in [1.54, 1.807) is 24.3 Å². The van der Waals surface area contributed by atoms with Crippen LogP contribution in [0.2, 0.25) is 5.02 Å². The summed E-state index contributed by atoms with van der Waals surface area (Å²) < 4.78 is 24.9. The van der Waals surface area contributed by atoms with Crippen LogP contribution in [0, 0.1) is 0 Å². The van der Waals surface area contributed by atoms with E-state index < -0.39 is 15.7 Å². The molecule has 3 rings (SSSR count). The van der Waals surface area contributed by atoms with Crippen LogP contribution in [0.3, 0.4) is 0 Å². The van der Waals surface area contributed by atoms with Crippen LogP contribution in [0.15, 0.2) is 83.8 Å². The van der Waals surface area contributed by atoms with Crippen molar-refractivity contribution in [1.29, 1.82) is 0 Å². The summed E-state index contributed by atoms with van der Waals surface area (Å²) in [6.07, 6.45) is -0.249. The van der Waals surface area contributed by atoms with Gasteiger partial charge in [-0.25, -0.2) is 8.42 Å². The third-order valence-corrected chi connectivity index (χ3v) is 6.85. The highest BCUT2D eigenvalue weighted by Crippen LogP contribution is 2.19. The van der Waals surface area contributed by atoms with Crippen molar-refractivity contribution in [1.82, 2.24) is 5.32 Å². The van der Waals surface area contributed by atoms with Crippen molar-refractivity contribution in [2.45, 2.75) is 24.3 Å². The van der Waals surface area contributed by atoms with Crippen molar-refractivity contribution in [2.75, 3.05) is 11.1 Å². The third-order valence-electron chi connectivity index (χ3n) is 4.86. The van der Waals surface area contributed by atoms with Crippen molar-refractivity contribution in [3.05, 3.63) is 95.0 Å². The van der Waals surface area contributed by atoms with Crippen molar-refractivity contribution < 1.29 is 18.0 Å². The normalized spacial score (nSPS) is 12.1. The van der Waals surface area contributed by atoms with Crippen molar-refractivity contribution in [3.8, 4) is 0 Å². The van der Waals surface area contributed by atoms with Crippen molar-refractivity contribution in [3.63, 3.8) is 0 Å². The quantitative estimate of drug-likeness (QED) is 0.502. The molecule has 1 atom stereocenters. The number of hydrogen-bond acceptors (Lipinski definition) is 4. The molecule has 0 aromatic heterocycles. The molecule has 166 valence electrons. The van der Waals surface area contributed by atoms with Gasteiger partial charge in [-0.1, -0.05) is 54.1 Å². The van der Waals surface area contributed by atoms with E-state index in [4.69, 9.17) is 11.6 Å². The minimum absolute atomic E-state index is 0.101. The molecule has 0 radical (unpaired) electrons. The first-order chi connectivity index (χ1) is 15.3.